The van der Waals surface area contributed by atoms with Crippen LogP contribution < -0.4 is 5.73 Å². The second-order valence-electron chi connectivity index (χ2n) is 2.98. The average molecular weight is 182 g/mol. The van der Waals surface area contributed by atoms with Gasteiger partial charge >= 0.3 is 0 Å². The zero-order valence-electron chi connectivity index (χ0n) is 7.67. The zero-order valence-corrected chi connectivity index (χ0v) is 8.49. The van der Waals surface area contributed by atoms with Crippen molar-refractivity contribution >= 4 is 12.4 Å². The van der Waals surface area contributed by atoms with Crippen LogP contribution in [0.3, 0.4) is 0 Å². The lowest BCUT2D eigenvalue weighted by atomic mass is 10.1. The molecule has 0 rings (SSSR count). The summed E-state index contributed by atoms with van der Waals surface area (Å²) in [5, 5.41) is 0. The highest BCUT2D eigenvalue weighted by Crippen LogP contribution is 1.98. The summed E-state index contributed by atoms with van der Waals surface area (Å²) in [5.74, 6) is 0.525. The molecule has 0 radical (unpaired) electrons. The molecule has 0 spiro atoms. The molecule has 0 aromatic carbocycles. The second-order valence-corrected chi connectivity index (χ2v) is 2.98. The normalized spacial score (nSPS) is 12.8. The molecule has 70 valence electrons. The summed E-state index contributed by atoms with van der Waals surface area (Å²) >= 11 is 0. The third kappa shape index (κ3) is 8.11. The van der Waals surface area contributed by atoms with E-state index in [0.717, 1.165) is 13.0 Å². The molecule has 2 N–H and O–H groups in total. The molecule has 3 heteroatoms. The van der Waals surface area contributed by atoms with Gasteiger partial charge in [0.2, 0.25) is 0 Å². The van der Waals surface area contributed by atoms with Gasteiger partial charge in [0, 0.05) is 12.6 Å². The lowest BCUT2D eigenvalue weighted by Crippen LogP contribution is -2.31. The molecule has 0 heterocycles. The minimum atomic E-state index is 0. The second kappa shape index (κ2) is 8.31. The Morgan fingerprint density at radius 3 is 2.27 bits per heavy atom. The number of hydrogen-bond acceptors (Lipinski definition) is 2. The van der Waals surface area contributed by atoms with Gasteiger partial charge in [0.25, 0.3) is 0 Å². The van der Waals surface area contributed by atoms with Crippen molar-refractivity contribution in [1.29, 1.82) is 0 Å². The summed E-state index contributed by atoms with van der Waals surface area (Å²) in [7, 11) is 0. The lowest BCUT2D eigenvalue weighted by Gasteiger charge is -2.14. The molecule has 0 bridgehead atoms. The third-order valence-electron chi connectivity index (χ3n) is 1.52. The molecule has 0 saturated heterocycles. The highest BCUT2D eigenvalue weighted by atomic mass is 35.5. The largest absolute Gasteiger partial charge is 0.380 e. The molecule has 0 aromatic rings. The van der Waals surface area contributed by atoms with Crippen molar-refractivity contribution in [2.75, 3.05) is 13.2 Å². The highest BCUT2D eigenvalue weighted by molar-refractivity contribution is 5.85. The summed E-state index contributed by atoms with van der Waals surface area (Å²) in [6.45, 7) is 7.85. The fraction of sp³-hybridized carbons (Fsp3) is 1.00. The molecule has 11 heavy (non-hydrogen) atoms. The van der Waals surface area contributed by atoms with E-state index in [2.05, 4.69) is 20.8 Å². The Morgan fingerprint density at radius 2 is 1.91 bits per heavy atom. The van der Waals surface area contributed by atoms with Crippen LogP contribution in [-0.2, 0) is 4.74 Å². The number of nitrogens with two attached hydrogens (primary N) is 1. The molecule has 1 unspecified atom stereocenters. The van der Waals surface area contributed by atoms with Crippen LogP contribution in [0.15, 0.2) is 0 Å². The van der Waals surface area contributed by atoms with Gasteiger partial charge in [0.15, 0.2) is 0 Å². The average Bonchev–Trinajstić information content (AvgIpc) is 1.88. The maximum atomic E-state index is 5.73. The van der Waals surface area contributed by atoms with Gasteiger partial charge in [0.05, 0.1) is 6.61 Å². The monoisotopic (exact) mass is 181 g/mol. The minimum absolute atomic E-state index is 0. The third-order valence-corrected chi connectivity index (χ3v) is 1.52. The van der Waals surface area contributed by atoms with Gasteiger partial charge in [-0.25, -0.2) is 0 Å². The van der Waals surface area contributed by atoms with Crippen molar-refractivity contribution in [3.05, 3.63) is 0 Å². The number of rotatable bonds is 5. The van der Waals surface area contributed by atoms with Crippen molar-refractivity contribution in [3.63, 3.8) is 0 Å². The van der Waals surface area contributed by atoms with Gasteiger partial charge in [-0.3, -0.25) is 0 Å². The SMILES string of the molecule is CCCOCC(N)C(C)C.Cl. The van der Waals surface area contributed by atoms with Crippen molar-refractivity contribution in [3.8, 4) is 0 Å². The lowest BCUT2D eigenvalue weighted by molar-refractivity contribution is 0.110. The number of ether oxygens (including phenoxy) is 1. The van der Waals surface area contributed by atoms with Gasteiger partial charge in [0.1, 0.15) is 0 Å². The van der Waals surface area contributed by atoms with Crippen LogP contribution in [0.5, 0.6) is 0 Å². The first-order valence-corrected chi connectivity index (χ1v) is 4.01. The Hall–Kier alpha value is 0.210. The maximum absolute atomic E-state index is 5.73. The first-order chi connectivity index (χ1) is 4.68. The van der Waals surface area contributed by atoms with Crippen LogP contribution in [0.25, 0.3) is 0 Å². The molecule has 0 aliphatic carbocycles. The summed E-state index contributed by atoms with van der Waals surface area (Å²) in [5.41, 5.74) is 5.73. The number of halogens is 1. The van der Waals surface area contributed by atoms with Crippen LogP contribution in [0.4, 0.5) is 0 Å². The Balaban J connectivity index is 0. The molecular formula is C8H20ClNO. The predicted molar refractivity (Wildman–Crippen MR) is 51.2 cm³/mol. The zero-order chi connectivity index (χ0) is 7.98. The van der Waals surface area contributed by atoms with E-state index < -0.39 is 0 Å². The first kappa shape index (κ1) is 13.8. The van der Waals surface area contributed by atoms with Crippen LogP contribution in [0, 0.1) is 5.92 Å². The molecule has 0 fully saturated rings. The Labute approximate surface area is 75.9 Å². The Bertz CT molecular complexity index is 78.5. The van der Waals surface area contributed by atoms with Crippen LogP contribution in [-0.4, -0.2) is 19.3 Å². The quantitative estimate of drug-likeness (QED) is 0.657. The molecule has 2 nitrogen and oxygen atoms in total. The van der Waals surface area contributed by atoms with Crippen LogP contribution >= 0.6 is 12.4 Å². The Kier molecular flexibility index (Phi) is 10.4. The summed E-state index contributed by atoms with van der Waals surface area (Å²) < 4.78 is 5.28. The number of hydrogen-bond donors (Lipinski definition) is 1. The minimum Gasteiger partial charge on any atom is -0.380 e. The van der Waals surface area contributed by atoms with Crippen molar-refractivity contribution < 1.29 is 4.74 Å². The van der Waals surface area contributed by atoms with E-state index >= 15 is 0 Å². The van der Waals surface area contributed by atoms with E-state index in [-0.39, 0.29) is 18.4 Å². The van der Waals surface area contributed by atoms with Crippen LogP contribution in [0.2, 0.25) is 0 Å². The van der Waals surface area contributed by atoms with E-state index in [9.17, 15) is 0 Å². The van der Waals surface area contributed by atoms with Gasteiger partial charge in [-0.2, -0.15) is 0 Å². The fourth-order valence-electron chi connectivity index (χ4n) is 0.556. The Morgan fingerprint density at radius 1 is 1.36 bits per heavy atom. The smallest absolute Gasteiger partial charge is 0.0619 e. The molecule has 1 atom stereocenters. The van der Waals surface area contributed by atoms with Gasteiger partial charge in [-0.15, -0.1) is 12.4 Å². The molecule has 0 aliphatic heterocycles. The molecule has 0 aliphatic rings. The van der Waals surface area contributed by atoms with E-state index in [1.807, 2.05) is 0 Å². The van der Waals surface area contributed by atoms with Gasteiger partial charge in [-0.05, 0) is 12.3 Å². The molecule has 0 aromatic heterocycles. The summed E-state index contributed by atoms with van der Waals surface area (Å²) in [6, 6.07) is 0.201. The summed E-state index contributed by atoms with van der Waals surface area (Å²) in [6.07, 6.45) is 1.07. The van der Waals surface area contributed by atoms with E-state index in [1.54, 1.807) is 0 Å². The fourth-order valence-corrected chi connectivity index (χ4v) is 0.556. The topological polar surface area (TPSA) is 35.2 Å². The summed E-state index contributed by atoms with van der Waals surface area (Å²) in [4.78, 5) is 0. The van der Waals surface area contributed by atoms with E-state index in [4.69, 9.17) is 10.5 Å². The van der Waals surface area contributed by atoms with E-state index in [1.165, 1.54) is 0 Å². The first-order valence-electron chi connectivity index (χ1n) is 4.01. The van der Waals surface area contributed by atoms with E-state index in [0.29, 0.717) is 12.5 Å². The van der Waals surface area contributed by atoms with Gasteiger partial charge < -0.3 is 10.5 Å². The highest BCUT2D eigenvalue weighted by Gasteiger charge is 2.05. The van der Waals surface area contributed by atoms with Crippen LogP contribution in [0.1, 0.15) is 27.2 Å². The van der Waals surface area contributed by atoms with Crippen molar-refractivity contribution in [1.82, 2.24) is 0 Å². The molecular weight excluding hydrogens is 162 g/mol. The van der Waals surface area contributed by atoms with Crippen molar-refractivity contribution in [2.24, 2.45) is 11.7 Å². The molecule has 0 amide bonds. The standard InChI is InChI=1S/C8H19NO.ClH/c1-4-5-10-6-8(9)7(2)3;/h7-8H,4-6,9H2,1-3H3;1H. The molecule has 0 saturated carbocycles. The van der Waals surface area contributed by atoms with Crippen molar-refractivity contribution in [2.45, 2.75) is 33.2 Å². The maximum Gasteiger partial charge on any atom is 0.0619 e. The predicted octanol–water partition coefficient (Wildman–Crippen LogP) is 1.82. The van der Waals surface area contributed by atoms with Gasteiger partial charge in [-0.1, -0.05) is 20.8 Å².